The molecule has 1 aliphatic rings. The minimum absolute atomic E-state index is 0.472. The van der Waals surface area contributed by atoms with Crippen molar-refractivity contribution in [2.24, 2.45) is 5.92 Å². The molecule has 0 saturated carbocycles. The summed E-state index contributed by atoms with van der Waals surface area (Å²) in [5.41, 5.74) is 0.820. The van der Waals surface area contributed by atoms with Crippen molar-refractivity contribution in [2.75, 3.05) is 13.1 Å². The number of thiophene rings is 1. The second-order valence-electron chi connectivity index (χ2n) is 5.91. The van der Waals surface area contributed by atoms with Crippen molar-refractivity contribution < 1.29 is 8.42 Å². The van der Waals surface area contributed by atoms with Crippen molar-refractivity contribution in [3.63, 3.8) is 0 Å². The summed E-state index contributed by atoms with van der Waals surface area (Å²) in [5.74, 6) is 0.661. The first-order chi connectivity index (χ1) is 10.4. The number of fused-ring (bicyclic) bond motifs is 1. The summed E-state index contributed by atoms with van der Waals surface area (Å²) < 4.78 is 29.0. The van der Waals surface area contributed by atoms with Crippen LogP contribution in [0.1, 0.15) is 31.7 Å². The van der Waals surface area contributed by atoms with Crippen molar-refractivity contribution >= 4 is 43.0 Å². The van der Waals surface area contributed by atoms with Gasteiger partial charge in [-0.25, -0.2) is 8.42 Å². The molecule has 1 aromatic carbocycles. The van der Waals surface area contributed by atoms with Gasteiger partial charge < -0.3 is 0 Å². The van der Waals surface area contributed by atoms with E-state index in [9.17, 15) is 8.42 Å². The Balaban J connectivity index is 1.97. The van der Waals surface area contributed by atoms with Crippen LogP contribution in [0.15, 0.2) is 22.4 Å². The fourth-order valence-electron chi connectivity index (χ4n) is 3.09. The second kappa shape index (κ2) is 6.11. The summed E-state index contributed by atoms with van der Waals surface area (Å²) in [4.78, 5) is 0. The van der Waals surface area contributed by atoms with Gasteiger partial charge in [-0.3, -0.25) is 0 Å². The number of benzene rings is 1. The lowest BCUT2D eigenvalue weighted by Gasteiger charge is -2.30. The molecule has 1 aliphatic heterocycles. The van der Waals surface area contributed by atoms with Crippen LogP contribution in [0, 0.1) is 12.8 Å². The van der Waals surface area contributed by atoms with E-state index in [4.69, 9.17) is 11.6 Å². The Kier molecular flexibility index (Phi) is 4.52. The smallest absolute Gasteiger partial charge is 0.206 e. The number of rotatable bonds is 3. The van der Waals surface area contributed by atoms with Gasteiger partial charge in [0.15, 0.2) is 0 Å². The maximum Gasteiger partial charge on any atom is 0.252 e. The third-order valence-electron chi connectivity index (χ3n) is 4.58. The normalized spacial score (nSPS) is 18.1. The molecule has 2 aromatic rings. The van der Waals surface area contributed by atoms with Gasteiger partial charge >= 0.3 is 0 Å². The fourth-order valence-corrected chi connectivity index (χ4v) is 6.61. The Labute approximate surface area is 140 Å². The van der Waals surface area contributed by atoms with Gasteiger partial charge in [-0.2, -0.15) is 4.31 Å². The summed E-state index contributed by atoms with van der Waals surface area (Å²) in [6.45, 7) is 5.32. The Morgan fingerprint density at radius 1 is 1.32 bits per heavy atom. The van der Waals surface area contributed by atoms with Crippen LogP contribution in [-0.2, 0) is 10.0 Å². The van der Waals surface area contributed by atoms with E-state index < -0.39 is 10.0 Å². The molecule has 2 heterocycles. The van der Waals surface area contributed by atoms with E-state index in [-0.39, 0.29) is 0 Å². The van der Waals surface area contributed by atoms with Crippen LogP contribution in [0.2, 0.25) is 5.02 Å². The van der Waals surface area contributed by atoms with E-state index in [0.717, 1.165) is 34.9 Å². The maximum absolute atomic E-state index is 13.0. The Morgan fingerprint density at radius 3 is 2.64 bits per heavy atom. The highest BCUT2D eigenvalue weighted by atomic mass is 35.5. The summed E-state index contributed by atoms with van der Waals surface area (Å²) in [5, 5.41) is 1.58. The summed E-state index contributed by atoms with van der Waals surface area (Å²) in [7, 11) is -3.39. The zero-order chi connectivity index (χ0) is 15.9. The number of hydrogen-bond donors (Lipinski definition) is 0. The van der Waals surface area contributed by atoms with Crippen LogP contribution in [0.3, 0.4) is 0 Å². The predicted molar refractivity (Wildman–Crippen MR) is 93.3 cm³/mol. The average molecular weight is 358 g/mol. The average Bonchev–Trinajstić information content (AvgIpc) is 2.85. The molecule has 0 unspecified atom stereocenters. The number of sulfonamides is 1. The van der Waals surface area contributed by atoms with E-state index in [0.29, 0.717) is 28.2 Å². The van der Waals surface area contributed by atoms with Gasteiger partial charge in [0.2, 0.25) is 0 Å². The molecule has 0 N–H and O–H groups in total. The lowest BCUT2D eigenvalue weighted by atomic mass is 9.96. The summed E-state index contributed by atoms with van der Waals surface area (Å²) in [6, 6.07) is 5.56. The lowest BCUT2D eigenvalue weighted by molar-refractivity contribution is 0.269. The molecular weight excluding hydrogens is 338 g/mol. The van der Waals surface area contributed by atoms with Crippen LogP contribution in [0.4, 0.5) is 0 Å². The first-order valence-electron chi connectivity index (χ1n) is 7.62. The number of hydrogen-bond acceptors (Lipinski definition) is 3. The SMILES string of the molecule is CCC1CCN(S(=O)(=O)c2sc3ccc(Cl)cc3c2C)CC1. The molecule has 1 aromatic heterocycles. The fraction of sp³-hybridized carbons (Fsp3) is 0.500. The standard InChI is InChI=1S/C16H20ClNO2S2/c1-3-12-6-8-18(9-7-12)22(19,20)16-11(2)14-10-13(17)4-5-15(14)21-16/h4-5,10,12H,3,6-9H2,1-2H3. The third-order valence-corrected chi connectivity index (χ3v) is 8.58. The Hall–Kier alpha value is -0.620. The van der Waals surface area contributed by atoms with E-state index in [1.165, 1.54) is 11.3 Å². The van der Waals surface area contributed by atoms with E-state index in [2.05, 4.69) is 6.92 Å². The van der Waals surface area contributed by atoms with Crippen molar-refractivity contribution in [3.05, 3.63) is 28.8 Å². The maximum atomic E-state index is 13.0. The lowest BCUT2D eigenvalue weighted by Crippen LogP contribution is -2.38. The van der Waals surface area contributed by atoms with Gasteiger partial charge in [0, 0.05) is 22.8 Å². The molecule has 0 atom stereocenters. The molecule has 6 heteroatoms. The first kappa shape index (κ1) is 16.2. The molecule has 22 heavy (non-hydrogen) atoms. The van der Waals surface area contributed by atoms with Crippen molar-refractivity contribution in [1.82, 2.24) is 4.31 Å². The van der Waals surface area contributed by atoms with Gasteiger partial charge in [-0.1, -0.05) is 24.9 Å². The minimum atomic E-state index is -3.39. The number of nitrogens with zero attached hydrogens (tertiary/aromatic N) is 1. The molecule has 3 rings (SSSR count). The van der Waals surface area contributed by atoms with Gasteiger partial charge in [0.1, 0.15) is 4.21 Å². The van der Waals surface area contributed by atoms with Crippen LogP contribution in [0.5, 0.6) is 0 Å². The Bertz CT molecular complexity index is 790. The molecule has 0 bridgehead atoms. The van der Waals surface area contributed by atoms with Crippen molar-refractivity contribution in [2.45, 2.75) is 37.3 Å². The Morgan fingerprint density at radius 2 is 2.00 bits per heavy atom. The molecule has 1 fully saturated rings. The highest BCUT2D eigenvalue weighted by Crippen LogP contribution is 2.37. The minimum Gasteiger partial charge on any atom is -0.206 e. The van der Waals surface area contributed by atoms with E-state index in [1.54, 1.807) is 4.31 Å². The monoisotopic (exact) mass is 357 g/mol. The number of piperidine rings is 1. The van der Waals surface area contributed by atoms with Gasteiger partial charge in [0.05, 0.1) is 0 Å². The molecule has 0 amide bonds. The molecule has 0 spiro atoms. The van der Waals surface area contributed by atoms with Crippen molar-refractivity contribution in [1.29, 1.82) is 0 Å². The van der Waals surface area contributed by atoms with Crippen LogP contribution >= 0.6 is 22.9 Å². The van der Waals surface area contributed by atoms with Crippen LogP contribution in [0.25, 0.3) is 10.1 Å². The molecule has 1 saturated heterocycles. The predicted octanol–water partition coefficient (Wildman–Crippen LogP) is 4.67. The van der Waals surface area contributed by atoms with Gasteiger partial charge in [0.25, 0.3) is 10.0 Å². The first-order valence-corrected chi connectivity index (χ1v) is 10.3. The molecule has 3 nitrogen and oxygen atoms in total. The molecule has 0 radical (unpaired) electrons. The topological polar surface area (TPSA) is 37.4 Å². The zero-order valence-corrected chi connectivity index (χ0v) is 15.2. The zero-order valence-electron chi connectivity index (χ0n) is 12.8. The van der Waals surface area contributed by atoms with Crippen LogP contribution in [-0.4, -0.2) is 25.8 Å². The van der Waals surface area contributed by atoms with Gasteiger partial charge in [-0.15, -0.1) is 11.3 Å². The highest BCUT2D eigenvalue weighted by molar-refractivity contribution is 7.91. The van der Waals surface area contributed by atoms with E-state index >= 15 is 0 Å². The number of aryl methyl sites for hydroxylation is 1. The molecular formula is C16H20ClNO2S2. The number of halogens is 1. The molecule has 0 aliphatic carbocycles. The largest absolute Gasteiger partial charge is 0.252 e. The molecule has 120 valence electrons. The summed E-state index contributed by atoms with van der Waals surface area (Å²) >= 11 is 7.39. The second-order valence-corrected chi connectivity index (χ2v) is 9.53. The summed E-state index contributed by atoms with van der Waals surface area (Å²) in [6.07, 6.45) is 3.06. The van der Waals surface area contributed by atoms with E-state index in [1.807, 2.05) is 25.1 Å². The van der Waals surface area contributed by atoms with Crippen LogP contribution < -0.4 is 0 Å². The third kappa shape index (κ3) is 2.80. The van der Waals surface area contributed by atoms with Gasteiger partial charge in [-0.05, 0) is 54.8 Å². The van der Waals surface area contributed by atoms with Crippen molar-refractivity contribution in [3.8, 4) is 0 Å². The quantitative estimate of drug-likeness (QED) is 0.800. The highest BCUT2D eigenvalue weighted by Gasteiger charge is 2.31.